The lowest BCUT2D eigenvalue weighted by Gasteiger charge is -2.26. The minimum atomic E-state index is -0.724. The van der Waals surface area contributed by atoms with Crippen molar-refractivity contribution < 1.29 is 9.90 Å². The van der Waals surface area contributed by atoms with E-state index >= 15 is 0 Å². The number of benzene rings is 1. The van der Waals surface area contributed by atoms with Gasteiger partial charge in [-0.3, -0.25) is 4.79 Å². The van der Waals surface area contributed by atoms with Crippen molar-refractivity contribution in [1.29, 1.82) is 0 Å². The lowest BCUT2D eigenvalue weighted by molar-refractivity contribution is 0.0247. The Hall–Kier alpha value is -1.39. The van der Waals surface area contributed by atoms with Gasteiger partial charge in [-0.1, -0.05) is 43.9 Å². The third kappa shape index (κ3) is 3.27. The first-order valence-corrected chi connectivity index (χ1v) is 8.53. The number of thiophene rings is 1. The first-order valence-electron chi connectivity index (χ1n) is 7.65. The Labute approximate surface area is 129 Å². The molecule has 0 aliphatic heterocycles. The van der Waals surface area contributed by atoms with Crippen LogP contribution in [0.4, 0.5) is 0 Å². The van der Waals surface area contributed by atoms with Gasteiger partial charge in [0.05, 0.1) is 11.2 Å². The Morgan fingerprint density at radius 2 is 1.90 bits per heavy atom. The number of hydrogen-bond donors (Lipinski definition) is 2. The van der Waals surface area contributed by atoms with Gasteiger partial charge in [0, 0.05) is 22.0 Å². The molecule has 1 aromatic carbocycles. The second-order valence-electron chi connectivity index (χ2n) is 5.97. The zero-order valence-electron chi connectivity index (χ0n) is 12.1. The molecule has 112 valence electrons. The number of carbonyl (C=O) groups is 1. The van der Waals surface area contributed by atoms with Crippen molar-refractivity contribution >= 4 is 27.3 Å². The summed E-state index contributed by atoms with van der Waals surface area (Å²) < 4.78 is 1.12. The number of hydrogen-bond acceptors (Lipinski definition) is 3. The van der Waals surface area contributed by atoms with Gasteiger partial charge in [-0.25, -0.2) is 0 Å². The maximum Gasteiger partial charge on any atom is 0.252 e. The molecule has 1 amide bonds. The Morgan fingerprint density at radius 1 is 1.19 bits per heavy atom. The van der Waals surface area contributed by atoms with E-state index in [4.69, 9.17) is 0 Å². The van der Waals surface area contributed by atoms with Gasteiger partial charge in [-0.05, 0) is 18.9 Å². The summed E-state index contributed by atoms with van der Waals surface area (Å²) >= 11 is 1.58. The van der Waals surface area contributed by atoms with Crippen molar-refractivity contribution in [3.8, 4) is 0 Å². The molecule has 0 saturated heterocycles. The largest absolute Gasteiger partial charge is 0.388 e. The average molecular weight is 303 g/mol. The summed E-state index contributed by atoms with van der Waals surface area (Å²) in [6.45, 7) is 0.357. The molecule has 4 heteroatoms. The number of carbonyl (C=O) groups excluding carboxylic acids is 1. The molecule has 0 unspecified atom stereocenters. The minimum Gasteiger partial charge on any atom is -0.388 e. The highest BCUT2D eigenvalue weighted by Crippen LogP contribution is 2.28. The van der Waals surface area contributed by atoms with Gasteiger partial charge < -0.3 is 10.4 Å². The molecule has 1 aromatic heterocycles. The zero-order chi connectivity index (χ0) is 14.7. The van der Waals surface area contributed by atoms with Crippen LogP contribution in [0.5, 0.6) is 0 Å². The summed E-state index contributed by atoms with van der Waals surface area (Å²) in [5.41, 5.74) is -0.00865. The van der Waals surface area contributed by atoms with E-state index in [1.165, 1.54) is 12.8 Å². The van der Waals surface area contributed by atoms with Gasteiger partial charge in [-0.15, -0.1) is 11.3 Å². The molecule has 2 aromatic rings. The van der Waals surface area contributed by atoms with Crippen molar-refractivity contribution in [2.45, 2.75) is 44.1 Å². The third-order valence-electron chi connectivity index (χ3n) is 4.34. The maximum atomic E-state index is 12.4. The zero-order valence-corrected chi connectivity index (χ0v) is 12.9. The van der Waals surface area contributed by atoms with Crippen LogP contribution in [0.15, 0.2) is 29.6 Å². The summed E-state index contributed by atoms with van der Waals surface area (Å²) in [7, 11) is 0. The van der Waals surface area contributed by atoms with E-state index in [0.717, 1.165) is 35.8 Å². The highest BCUT2D eigenvalue weighted by atomic mass is 32.1. The van der Waals surface area contributed by atoms with Crippen molar-refractivity contribution in [2.24, 2.45) is 0 Å². The summed E-state index contributed by atoms with van der Waals surface area (Å²) in [5, 5.41) is 16.4. The fraction of sp³-hybridized carbons (Fsp3) is 0.471. The molecule has 3 nitrogen and oxygen atoms in total. The number of rotatable bonds is 3. The van der Waals surface area contributed by atoms with Crippen LogP contribution in [-0.2, 0) is 0 Å². The standard InChI is InChI=1S/C17H21NO2S/c19-16(14-11-21-15-8-4-3-7-13(14)15)18-12-17(20)9-5-1-2-6-10-17/h3-4,7-8,11,20H,1-2,5-6,9-10,12H2,(H,18,19). The SMILES string of the molecule is O=C(NCC1(O)CCCCCC1)c1csc2ccccc12. The summed E-state index contributed by atoms with van der Waals surface area (Å²) in [4.78, 5) is 12.4. The summed E-state index contributed by atoms with van der Waals surface area (Å²) in [6.07, 6.45) is 6.05. The van der Waals surface area contributed by atoms with E-state index in [1.54, 1.807) is 11.3 Å². The van der Waals surface area contributed by atoms with Crippen LogP contribution in [0.3, 0.4) is 0 Å². The van der Waals surface area contributed by atoms with Gasteiger partial charge in [0.15, 0.2) is 0 Å². The van der Waals surface area contributed by atoms with E-state index in [1.807, 2.05) is 29.6 Å². The first-order chi connectivity index (χ1) is 10.2. The normalized spacial score (nSPS) is 18.3. The molecule has 0 spiro atoms. The van der Waals surface area contributed by atoms with Crippen LogP contribution in [-0.4, -0.2) is 23.2 Å². The van der Waals surface area contributed by atoms with E-state index < -0.39 is 5.60 Å². The Balaban J connectivity index is 1.69. The highest BCUT2D eigenvalue weighted by Gasteiger charge is 2.28. The van der Waals surface area contributed by atoms with Gasteiger partial charge in [0.25, 0.3) is 5.91 Å². The second kappa shape index (κ2) is 6.16. The Morgan fingerprint density at radius 3 is 2.67 bits per heavy atom. The van der Waals surface area contributed by atoms with Crippen molar-refractivity contribution in [3.05, 3.63) is 35.2 Å². The second-order valence-corrected chi connectivity index (χ2v) is 6.88. The highest BCUT2D eigenvalue weighted by molar-refractivity contribution is 7.17. The predicted molar refractivity (Wildman–Crippen MR) is 86.8 cm³/mol. The van der Waals surface area contributed by atoms with Crippen molar-refractivity contribution in [1.82, 2.24) is 5.32 Å². The quantitative estimate of drug-likeness (QED) is 0.849. The number of nitrogens with one attached hydrogen (secondary N) is 1. The predicted octanol–water partition coefficient (Wildman–Crippen LogP) is 3.72. The van der Waals surface area contributed by atoms with Crippen LogP contribution in [0.2, 0.25) is 0 Å². The number of amides is 1. The molecule has 0 atom stereocenters. The smallest absolute Gasteiger partial charge is 0.252 e. The van der Waals surface area contributed by atoms with Crippen LogP contribution in [0.25, 0.3) is 10.1 Å². The lowest BCUT2D eigenvalue weighted by Crippen LogP contribution is -2.42. The summed E-state index contributed by atoms with van der Waals surface area (Å²) in [5.74, 6) is -0.0786. The molecule has 3 rings (SSSR count). The average Bonchev–Trinajstić information content (AvgIpc) is 2.81. The van der Waals surface area contributed by atoms with Crippen molar-refractivity contribution in [3.63, 3.8) is 0 Å². The number of fused-ring (bicyclic) bond motifs is 1. The van der Waals surface area contributed by atoms with E-state index in [9.17, 15) is 9.90 Å². The fourth-order valence-corrected chi connectivity index (χ4v) is 4.00. The Bertz CT molecular complexity index is 627. The molecular weight excluding hydrogens is 282 g/mol. The van der Waals surface area contributed by atoms with Gasteiger partial charge in [0.1, 0.15) is 0 Å². The van der Waals surface area contributed by atoms with Gasteiger partial charge >= 0.3 is 0 Å². The van der Waals surface area contributed by atoms with Gasteiger partial charge in [0.2, 0.25) is 0 Å². The maximum absolute atomic E-state index is 12.4. The molecule has 1 saturated carbocycles. The van der Waals surface area contributed by atoms with Crippen molar-refractivity contribution in [2.75, 3.05) is 6.54 Å². The molecular formula is C17H21NO2S. The Kier molecular flexibility index (Phi) is 4.27. The molecule has 1 heterocycles. The molecule has 1 aliphatic carbocycles. The first kappa shape index (κ1) is 14.5. The monoisotopic (exact) mass is 303 g/mol. The number of aliphatic hydroxyl groups is 1. The molecule has 0 radical (unpaired) electrons. The van der Waals surface area contributed by atoms with Crippen LogP contribution in [0.1, 0.15) is 48.9 Å². The molecule has 21 heavy (non-hydrogen) atoms. The van der Waals surface area contributed by atoms with Crippen LogP contribution >= 0.6 is 11.3 Å². The molecule has 1 aliphatic rings. The van der Waals surface area contributed by atoms with E-state index in [2.05, 4.69) is 5.32 Å². The van der Waals surface area contributed by atoms with Crippen LogP contribution < -0.4 is 5.32 Å². The summed E-state index contributed by atoms with van der Waals surface area (Å²) in [6, 6.07) is 7.93. The lowest BCUT2D eigenvalue weighted by atomic mass is 9.94. The van der Waals surface area contributed by atoms with E-state index in [0.29, 0.717) is 12.1 Å². The molecule has 2 N–H and O–H groups in total. The van der Waals surface area contributed by atoms with Crippen LogP contribution in [0, 0.1) is 0 Å². The minimum absolute atomic E-state index is 0.0786. The van der Waals surface area contributed by atoms with Gasteiger partial charge in [-0.2, -0.15) is 0 Å². The van der Waals surface area contributed by atoms with E-state index in [-0.39, 0.29) is 5.91 Å². The molecule has 0 bridgehead atoms. The fourth-order valence-electron chi connectivity index (χ4n) is 3.06. The molecule has 1 fully saturated rings. The topological polar surface area (TPSA) is 49.3 Å². The third-order valence-corrected chi connectivity index (χ3v) is 5.30.